The second-order valence-electron chi connectivity index (χ2n) is 1.05. The minimum atomic E-state index is -4.29. The van der Waals surface area contributed by atoms with E-state index in [1.165, 1.54) is 0 Å². The number of thioether (sulfide) groups is 1. The van der Waals surface area contributed by atoms with Gasteiger partial charge in [0, 0.05) is 11.8 Å². The van der Waals surface area contributed by atoms with Crippen molar-refractivity contribution in [3.05, 3.63) is 0 Å². The van der Waals surface area contributed by atoms with Crippen molar-refractivity contribution in [2.75, 3.05) is 0 Å². The van der Waals surface area contributed by atoms with Crippen LogP contribution < -0.4 is 0 Å². The number of hydrogen-bond donors (Lipinski definition) is 0. The van der Waals surface area contributed by atoms with Crippen LogP contribution in [0.3, 0.4) is 0 Å². The maximum atomic E-state index is 11.5. The Labute approximate surface area is 52.4 Å². The van der Waals surface area contributed by atoms with Gasteiger partial charge in [0.2, 0.25) is 0 Å². The summed E-state index contributed by atoms with van der Waals surface area (Å²) in [6.45, 7) is 0. The van der Waals surface area contributed by atoms with Crippen LogP contribution in [-0.4, -0.2) is 17.3 Å². The monoisotopic (exact) mass is 161 g/mol. The molecule has 0 aliphatic heterocycles. The van der Waals surface area contributed by atoms with Crippen LogP contribution in [0.1, 0.15) is 0 Å². The van der Waals surface area contributed by atoms with Crippen LogP contribution in [0.4, 0.5) is 17.6 Å². The molecule has 0 bridgehead atoms. The molecule has 0 saturated carbocycles. The summed E-state index contributed by atoms with van der Waals surface area (Å²) >= 11 is -0.847. The van der Waals surface area contributed by atoms with Gasteiger partial charge in [-0.2, -0.15) is 8.78 Å². The Bertz CT molecular complexity index is 104. The van der Waals surface area contributed by atoms with Gasteiger partial charge in [0.1, 0.15) is 0 Å². The highest BCUT2D eigenvalue weighted by molar-refractivity contribution is 8.12. The van der Waals surface area contributed by atoms with E-state index in [-0.39, 0.29) is 0 Å². The maximum absolute atomic E-state index is 11.5. The molecule has 0 N–H and O–H groups in total. The minimum absolute atomic E-state index is 0.626. The standard InChI is InChI=1S/C3HF4OS/c4-2(5)3(6,7)9-1-8/h2H. The molecule has 0 atom stereocenters. The molecule has 6 heteroatoms. The molecule has 1 radical (unpaired) electrons. The molecule has 1 nitrogen and oxygen atoms in total. The Morgan fingerprint density at radius 1 is 1.44 bits per heavy atom. The molecule has 0 fully saturated rings. The van der Waals surface area contributed by atoms with E-state index in [0.29, 0.717) is 5.62 Å². The lowest BCUT2D eigenvalue weighted by Gasteiger charge is -2.08. The Morgan fingerprint density at radius 3 is 2.00 bits per heavy atom. The van der Waals surface area contributed by atoms with Crippen LogP contribution in [0.15, 0.2) is 0 Å². The number of carbonyl (C=O) groups excluding carboxylic acids is 1. The van der Waals surface area contributed by atoms with E-state index in [2.05, 4.69) is 0 Å². The van der Waals surface area contributed by atoms with E-state index in [9.17, 15) is 17.6 Å². The largest absolute Gasteiger partial charge is 0.360 e. The first kappa shape index (κ1) is 8.74. The number of rotatable bonds is 3. The molecule has 0 aliphatic rings. The molecule has 9 heavy (non-hydrogen) atoms. The fourth-order valence-corrected chi connectivity index (χ4v) is 0.300. The first-order valence-electron chi connectivity index (χ1n) is 1.72. The zero-order chi connectivity index (χ0) is 7.49. The van der Waals surface area contributed by atoms with Crippen molar-refractivity contribution in [2.45, 2.75) is 11.7 Å². The van der Waals surface area contributed by atoms with Crippen molar-refractivity contribution in [3.8, 4) is 0 Å². The average molecular weight is 161 g/mol. The van der Waals surface area contributed by atoms with Crippen LogP contribution in [0, 0.1) is 0 Å². The maximum Gasteiger partial charge on any atom is 0.360 e. The van der Waals surface area contributed by atoms with Crippen molar-refractivity contribution in [1.29, 1.82) is 0 Å². The zero-order valence-corrected chi connectivity index (χ0v) is 4.72. The predicted octanol–water partition coefficient (Wildman–Crippen LogP) is 1.64. The van der Waals surface area contributed by atoms with Crippen molar-refractivity contribution in [3.63, 3.8) is 0 Å². The van der Waals surface area contributed by atoms with Crippen LogP contribution in [0.5, 0.6) is 0 Å². The van der Waals surface area contributed by atoms with Crippen molar-refractivity contribution >= 4 is 17.4 Å². The summed E-state index contributed by atoms with van der Waals surface area (Å²) < 4.78 is 45.1. The molecule has 0 spiro atoms. The zero-order valence-electron chi connectivity index (χ0n) is 3.91. The molecular formula is C3HF4OS. The average Bonchev–Trinajstić information content (AvgIpc) is 1.65. The topological polar surface area (TPSA) is 17.1 Å². The third-order valence-electron chi connectivity index (χ3n) is 0.432. The highest BCUT2D eigenvalue weighted by Gasteiger charge is 2.41. The molecule has 53 valence electrons. The van der Waals surface area contributed by atoms with Gasteiger partial charge in [-0.15, -0.1) is 0 Å². The molecule has 0 saturated heterocycles. The molecule has 0 heterocycles. The quantitative estimate of drug-likeness (QED) is 0.585. The van der Waals surface area contributed by atoms with Crippen LogP contribution in [0.2, 0.25) is 0 Å². The molecular weight excluding hydrogens is 160 g/mol. The summed E-state index contributed by atoms with van der Waals surface area (Å²) in [5.74, 6) is 0. The lowest BCUT2D eigenvalue weighted by molar-refractivity contribution is -0.0555. The molecule has 0 aliphatic carbocycles. The Morgan fingerprint density at radius 2 is 1.89 bits per heavy atom. The van der Waals surface area contributed by atoms with Crippen LogP contribution >= 0.6 is 11.8 Å². The molecule has 0 aromatic rings. The van der Waals surface area contributed by atoms with E-state index in [1.54, 1.807) is 0 Å². The number of hydrogen-bond acceptors (Lipinski definition) is 2. The third kappa shape index (κ3) is 2.69. The van der Waals surface area contributed by atoms with E-state index in [1.807, 2.05) is 0 Å². The lowest BCUT2D eigenvalue weighted by atomic mass is 10.7. The Balaban J connectivity index is 3.84. The minimum Gasteiger partial charge on any atom is -0.277 e. The Hall–Kier alpha value is -0.260. The van der Waals surface area contributed by atoms with Gasteiger partial charge >= 0.3 is 11.7 Å². The summed E-state index contributed by atoms with van der Waals surface area (Å²) in [5.41, 5.74) is 0.626. The van der Waals surface area contributed by atoms with Gasteiger partial charge in [-0.1, -0.05) is 0 Å². The first-order valence-corrected chi connectivity index (χ1v) is 2.53. The number of halogens is 4. The summed E-state index contributed by atoms with van der Waals surface area (Å²) in [6, 6.07) is 0. The summed E-state index contributed by atoms with van der Waals surface area (Å²) in [7, 11) is 0. The summed E-state index contributed by atoms with van der Waals surface area (Å²) in [5, 5.41) is -4.29. The lowest BCUT2D eigenvalue weighted by Crippen LogP contribution is -2.21. The van der Waals surface area contributed by atoms with Crippen molar-refractivity contribution in [1.82, 2.24) is 0 Å². The van der Waals surface area contributed by atoms with Gasteiger partial charge < -0.3 is 0 Å². The summed E-state index contributed by atoms with van der Waals surface area (Å²) in [6.07, 6.45) is -3.82. The van der Waals surface area contributed by atoms with Gasteiger partial charge in [-0.3, -0.25) is 4.79 Å². The normalized spacial score (nSPS) is 12.1. The van der Waals surface area contributed by atoms with Crippen molar-refractivity contribution < 1.29 is 22.4 Å². The van der Waals surface area contributed by atoms with Crippen LogP contribution in [-0.2, 0) is 4.79 Å². The van der Waals surface area contributed by atoms with Crippen LogP contribution in [0.25, 0.3) is 0 Å². The fourth-order valence-electron chi connectivity index (χ4n) is 0.100. The highest BCUT2D eigenvalue weighted by Crippen LogP contribution is 2.33. The highest BCUT2D eigenvalue weighted by atomic mass is 32.2. The third-order valence-corrected chi connectivity index (χ3v) is 0.965. The van der Waals surface area contributed by atoms with E-state index in [0.717, 1.165) is 0 Å². The van der Waals surface area contributed by atoms with Gasteiger partial charge in [0.05, 0.1) is 0 Å². The van der Waals surface area contributed by atoms with Gasteiger partial charge in [0.25, 0.3) is 5.62 Å². The SMILES string of the molecule is O=[C]SC(F)(F)C(F)F. The molecule has 0 rings (SSSR count). The fraction of sp³-hybridized carbons (Fsp3) is 0.667. The second-order valence-corrected chi connectivity index (χ2v) is 1.96. The molecule has 0 unspecified atom stereocenters. The van der Waals surface area contributed by atoms with E-state index < -0.39 is 23.4 Å². The van der Waals surface area contributed by atoms with Crippen molar-refractivity contribution in [2.24, 2.45) is 0 Å². The molecule has 0 aromatic carbocycles. The first-order chi connectivity index (χ1) is 4.00. The molecule has 0 amide bonds. The number of alkyl halides is 4. The smallest absolute Gasteiger partial charge is 0.277 e. The molecule has 0 aromatic heterocycles. The predicted molar refractivity (Wildman–Crippen MR) is 24.2 cm³/mol. The van der Waals surface area contributed by atoms with E-state index >= 15 is 0 Å². The second kappa shape index (κ2) is 3.05. The van der Waals surface area contributed by atoms with Gasteiger partial charge in [-0.05, 0) is 0 Å². The van der Waals surface area contributed by atoms with Gasteiger partial charge in [0.15, 0.2) is 0 Å². The Kier molecular flexibility index (Phi) is 2.96. The van der Waals surface area contributed by atoms with Gasteiger partial charge in [-0.25, -0.2) is 8.78 Å². The summed E-state index contributed by atoms with van der Waals surface area (Å²) in [4.78, 5) is 9.15. The van der Waals surface area contributed by atoms with E-state index in [4.69, 9.17) is 4.79 Å².